The van der Waals surface area contributed by atoms with Gasteiger partial charge in [-0.15, -0.1) is 6.58 Å². The van der Waals surface area contributed by atoms with Gasteiger partial charge >= 0.3 is 0 Å². The fraction of sp³-hybridized carbons (Fsp3) is 0.667. The van der Waals surface area contributed by atoms with Crippen molar-refractivity contribution in [1.29, 1.82) is 0 Å². The second-order valence-electron chi connectivity index (χ2n) is 1.78. The zero-order chi connectivity index (χ0) is 5.82. The minimum atomic E-state index is 0. The molecule has 0 aromatic rings. The summed E-state index contributed by atoms with van der Waals surface area (Å²) < 4.78 is 9.96. The van der Waals surface area contributed by atoms with E-state index in [0.29, 0.717) is 12.7 Å². The van der Waals surface area contributed by atoms with Gasteiger partial charge in [0, 0.05) is 21.1 Å². The van der Waals surface area contributed by atoms with Gasteiger partial charge in [-0.2, -0.15) is 0 Å². The second kappa shape index (κ2) is 5.16. The quantitative estimate of drug-likeness (QED) is 0.431. The first kappa shape index (κ1) is 9.35. The molecular formula is C6H10O2Pt. The van der Waals surface area contributed by atoms with Crippen LogP contribution in [0.5, 0.6) is 0 Å². The molecule has 1 rings (SSSR count). The molecule has 2 nitrogen and oxygen atoms in total. The molecule has 0 bridgehead atoms. The zero-order valence-electron chi connectivity index (χ0n) is 5.12. The van der Waals surface area contributed by atoms with E-state index in [4.69, 9.17) is 9.47 Å². The van der Waals surface area contributed by atoms with Crippen molar-refractivity contribution in [3.05, 3.63) is 12.7 Å². The Morgan fingerprint density at radius 3 is 2.89 bits per heavy atom. The van der Waals surface area contributed by atoms with Gasteiger partial charge in [-0.3, -0.25) is 0 Å². The topological polar surface area (TPSA) is 21.8 Å². The smallest absolute Gasteiger partial charge is 0.104 e. The number of hydrogen-bond acceptors (Lipinski definition) is 2. The Balaban J connectivity index is 0.000000640. The van der Waals surface area contributed by atoms with Crippen LogP contribution in [-0.4, -0.2) is 25.9 Å². The third kappa shape index (κ3) is 4.83. The summed E-state index contributed by atoms with van der Waals surface area (Å²) in [7, 11) is 0. The summed E-state index contributed by atoms with van der Waals surface area (Å²) in [6, 6.07) is 0. The van der Waals surface area contributed by atoms with Crippen LogP contribution in [0, 0.1) is 0 Å². The molecule has 0 spiro atoms. The van der Waals surface area contributed by atoms with Crippen LogP contribution in [0.1, 0.15) is 0 Å². The van der Waals surface area contributed by atoms with E-state index in [1.807, 2.05) is 0 Å². The number of epoxide rings is 1. The van der Waals surface area contributed by atoms with Crippen molar-refractivity contribution in [2.45, 2.75) is 6.10 Å². The average Bonchev–Trinajstić information content (AvgIpc) is 2.51. The van der Waals surface area contributed by atoms with Crippen LogP contribution in [0.3, 0.4) is 0 Å². The van der Waals surface area contributed by atoms with Crippen LogP contribution in [0.25, 0.3) is 0 Å². The average molecular weight is 309 g/mol. The fourth-order valence-electron chi connectivity index (χ4n) is 0.447. The van der Waals surface area contributed by atoms with Crippen LogP contribution < -0.4 is 0 Å². The Kier molecular flexibility index (Phi) is 5.36. The van der Waals surface area contributed by atoms with Gasteiger partial charge in [0.05, 0.1) is 19.8 Å². The standard InChI is InChI=1S/C6H10O2.Pt/c1-2-3-7-4-6-5-8-6;/h2,6H,1,3-5H2;. The van der Waals surface area contributed by atoms with Gasteiger partial charge in [-0.05, 0) is 0 Å². The van der Waals surface area contributed by atoms with E-state index in [0.717, 1.165) is 13.2 Å². The SMILES string of the molecule is C=CCOCC1CO1.[Pt]. The van der Waals surface area contributed by atoms with E-state index in [1.54, 1.807) is 6.08 Å². The molecule has 0 aliphatic carbocycles. The van der Waals surface area contributed by atoms with E-state index in [-0.39, 0.29) is 21.1 Å². The van der Waals surface area contributed by atoms with E-state index >= 15 is 0 Å². The van der Waals surface area contributed by atoms with E-state index in [9.17, 15) is 0 Å². The van der Waals surface area contributed by atoms with Gasteiger partial charge in [0.2, 0.25) is 0 Å². The molecule has 0 aromatic heterocycles. The maximum Gasteiger partial charge on any atom is 0.104 e. The molecule has 0 radical (unpaired) electrons. The molecule has 0 saturated carbocycles. The van der Waals surface area contributed by atoms with Gasteiger partial charge < -0.3 is 9.47 Å². The van der Waals surface area contributed by atoms with Gasteiger partial charge in [-0.25, -0.2) is 0 Å². The summed E-state index contributed by atoms with van der Waals surface area (Å²) in [5, 5.41) is 0. The molecule has 1 atom stereocenters. The first-order chi connectivity index (χ1) is 3.93. The Morgan fingerprint density at radius 1 is 1.78 bits per heavy atom. The summed E-state index contributed by atoms with van der Waals surface area (Å²) in [6.07, 6.45) is 2.12. The Hall–Kier alpha value is 0.348. The fourth-order valence-corrected chi connectivity index (χ4v) is 0.447. The maximum atomic E-state index is 5.06. The third-order valence-corrected chi connectivity index (χ3v) is 0.942. The molecule has 0 aromatic carbocycles. The van der Waals surface area contributed by atoms with E-state index < -0.39 is 0 Å². The van der Waals surface area contributed by atoms with Crippen LogP contribution in [0.15, 0.2) is 12.7 Å². The molecule has 0 N–H and O–H groups in total. The molecule has 3 heteroatoms. The number of ether oxygens (including phenoxy) is 2. The van der Waals surface area contributed by atoms with Crippen molar-refractivity contribution < 1.29 is 30.5 Å². The van der Waals surface area contributed by atoms with E-state index in [2.05, 4.69) is 6.58 Å². The van der Waals surface area contributed by atoms with Gasteiger partial charge in [0.1, 0.15) is 6.10 Å². The number of hydrogen-bond donors (Lipinski definition) is 0. The van der Waals surface area contributed by atoms with E-state index in [1.165, 1.54) is 0 Å². The van der Waals surface area contributed by atoms with Crippen LogP contribution >= 0.6 is 0 Å². The molecule has 9 heavy (non-hydrogen) atoms. The summed E-state index contributed by atoms with van der Waals surface area (Å²) in [5.41, 5.74) is 0. The van der Waals surface area contributed by atoms with Crippen molar-refractivity contribution in [2.24, 2.45) is 0 Å². The third-order valence-electron chi connectivity index (χ3n) is 0.942. The Bertz CT molecular complexity index is 81.1. The van der Waals surface area contributed by atoms with Crippen LogP contribution in [-0.2, 0) is 30.5 Å². The molecule has 56 valence electrons. The molecule has 1 saturated heterocycles. The second-order valence-corrected chi connectivity index (χ2v) is 1.78. The van der Waals surface area contributed by atoms with Crippen LogP contribution in [0.4, 0.5) is 0 Å². The summed E-state index contributed by atoms with van der Waals surface area (Å²) in [5.74, 6) is 0. The summed E-state index contributed by atoms with van der Waals surface area (Å²) >= 11 is 0. The molecule has 1 fully saturated rings. The summed E-state index contributed by atoms with van der Waals surface area (Å²) in [4.78, 5) is 0. The van der Waals surface area contributed by atoms with Crippen LogP contribution in [0.2, 0.25) is 0 Å². The molecule has 0 amide bonds. The van der Waals surface area contributed by atoms with Crippen molar-refractivity contribution in [2.75, 3.05) is 19.8 Å². The Morgan fingerprint density at radius 2 is 2.44 bits per heavy atom. The van der Waals surface area contributed by atoms with Crippen molar-refractivity contribution >= 4 is 0 Å². The van der Waals surface area contributed by atoms with Gasteiger partial charge in [0.25, 0.3) is 0 Å². The normalized spacial score (nSPS) is 22.4. The predicted molar refractivity (Wildman–Crippen MR) is 30.8 cm³/mol. The molecular weight excluding hydrogens is 299 g/mol. The summed E-state index contributed by atoms with van der Waals surface area (Å²) in [6.45, 7) is 5.75. The zero-order valence-corrected chi connectivity index (χ0v) is 7.39. The number of rotatable bonds is 4. The Labute approximate surface area is 69.5 Å². The van der Waals surface area contributed by atoms with Crippen molar-refractivity contribution in [3.63, 3.8) is 0 Å². The van der Waals surface area contributed by atoms with Crippen molar-refractivity contribution in [1.82, 2.24) is 0 Å². The largest absolute Gasteiger partial charge is 0.375 e. The van der Waals surface area contributed by atoms with Crippen molar-refractivity contribution in [3.8, 4) is 0 Å². The molecule has 1 aliphatic rings. The molecule has 1 heterocycles. The maximum absolute atomic E-state index is 5.06. The minimum Gasteiger partial charge on any atom is -0.375 e. The molecule has 1 unspecified atom stereocenters. The first-order valence-corrected chi connectivity index (χ1v) is 2.73. The van der Waals surface area contributed by atoms with Gasteiger partial charge in [0.15, 0.2) is 0 Å². The monoisotopic (exact) mass is 309 g/mol. The van der Waals surface area contributed by atoms with Gasteiger partial charge in [-0.1, -0.05) is 6.08 Å². The minimum absolute atomic E-state index is 0. The first-order valence-electron chi connectivity index (χ1n) is 2.73. The predicted octanol–water partition coefficient (Wildman–Crippen LogP) is 0.585. The molecule has 1 aliphatic heterocycles.